The molecule has 128 valence electrons. The number of carbonyl (C=O) groups excluding carboxylic acids is 2. The Kier molecular flexibility index (Phi) is 5.06. The summed E-state index contributed by atoms with van der Waals surface area (Å²) in [7, 11) is 0. The molecule has 0 bridgehead atoms. The average molecular weight is 377 g/mol. The second-order valence-corrected chi connectivity index (χ2v) is 6.64. The molecule has 0 saturated heterocycles. The number of carbonyl (C=O) groups is 2. The van der Waals surface area contributed by atoms with Gasteiger partial charge in [-0.15, -0.1) is 0 Å². The van der Waals surface area contributed by atoms with Gasteiger partial charge in [-0.1, -0.05) is 76.4 Å². The Bertz CT molecular complexity index is 848. The molecule has 0 aromatic heterocycles. The van der Waals surface area contributed by atoms with E-state index >= 15 is 0 Å². The first-order chi connectivity index (χ1) is 12.0. The van der Waals surface area contributed by atoms with E-state index in [4.69, 9.17) is 23.2 Å². The maximum atomic E-state index is 12.8. The molecule has 0 radical (unpaired) electrons. The summed E-state index contributed by atoms with van der Waals surface area (Å²) in [5.74, 6) is -1.28. The van der Waals surface area contributed by atoms with E-state index in [1.165, 1.54) is 0 Å². The number of alkyl halides is 2. The smallest absolute Gasteiger partial charge is 0.314 e. The monoisotopic (exact) mass is 376 g/mol. The Labute approximate surface area is 154 Å². The lowest BCUT2D eigenvalue weighted by atomic mass is 10.1. The molecule has 0 aliphatic carbocycles. The van der Waals surface area contributed by atoms with E-state index in [1.807, 2.05) is 43.3 Å². The predicted molar refractivity (Wildman–Crippen MR) is 96.9 cm³/mol. The summed E-state index contributed by atoms with van der Waals surface area (Å²) in [5.41, 5.74) is 3.46. The zero-order valence-corrected chi connectivity index (χ0v) is 14.8. The van der Waals surface area contributed by atoms with Gasteiger partial charge in [-0.05, 0) is 18.6 Å². The van der Waals surface area contributed by atoms with E-state index in [2.05, 4.69) is 9.99 Å². The second kappa shape index (κ2) is 7.25. The van der Waals surface area contributed by atoms with Crippen molar-refractivity contribution in [2.24, 2.45) is 5.16 Å². The number of benzene rings is 2. The number of aryl methyl sites for hydroxylation is 1. The Morgan fingerprint density at radius 3 is 2.52 bits per heavy atom. The Balaban J connectivity index is 1.91. The van der Waals surface area contributed by atoms with Crippen LogP contribution in [0.25, 0.3) is 0 Å². The summed E-state index contributed by atoms with van der Waals surface area (Å²) in [6.07, 6.45) is 0. The van der Waals surface area contributed by atoms with E-state index in [0.717, 1.165) is 11.1 Å². The molecule has 0 spiro atoms. The highest BCUT2D eigenvalue weighted by molar-refractivity contribution is 6.54. The molecular formula is C18H14Cl2N2O3. The van der Waals surface area contributed by atoms with Crippen molar-refractivity contribution in [1.29, 1.82) is 0 Å². The van der Waals surface area contributed by atoms with Gasteiger partial charge in [0.1, 0.15) is 0 Å². The third-order valence-corrected chi connectivity index (χ3v) is 4.12. The van der Waals surface area contributed by atoms with Gasteiger partial charge in [-0.2, -0.15) is 0 Å². The summed E-state index contributed by atoms with van der Waals surface area (Å²) in [6.45, 7) is 2.39. The van der Waals surface area contributed by atoms with Crippen molar-refractivity contribution < 1.29 is 14.4 Å². The molecule has 1 heterocycles. The van der Waals surface area contributed by atoms with Gasteiger partial charge >= 0.3 is 5.97 Å². The lowest BCUT2D eigenvalue weighted by Gasteiger charge is -2.16. The van der Waals surface area contributed by atoms with Crippen LogP contribution in [0.2, 0.25) is 0 Å². The van der Waals surface area contributed by atoms with Gasteiger partial charge in [0.15, 0.2) is 5.71 Å². The van der Waals surface area contributed by atoms with Crippen LogP contribution in [0, 0.1) is 6.92 Å². The summed E-state index contributed by atoms with van der Waals surface area (Å²) >= 11 is 10.9. The topological polar surface area (TPSA) is 59.0 Å². The van der Waals surface area contributed by atoms with Gasteiger partial charge < -0.3 is 9.74 Å². The lowest BCUT2D eigenvalue weighted by molar-refractivity contribution is -0.141. The number of para-hydroxylation sites is 1. The summed E-state index contributed by atoms with van der Waals surface area (Å²) < 4.78 is 0. The molecule has 3 rings (SSSR count). The van der Waals surface area contributed by atoms with Crippen molar-refractivity contribution in [2.75, 3.05) is 4.90 Å². The molecular weight excluding hydrogens is 363 g/mol. The normalized spacial score (nSPS) is 15.0. The Morgan fingerprint density at radius 2 is 1.84 bits per heavy atom. The Hall–Kier alpha value is -2.37. The molecule has 2 aromatic rings. The zero-order valence-electron chi connectivity index (χ0n) is 13.3. The third-order valence-electron chi connectivity index (χ3n) is 3.76. The fourth-order valence-corrected chi connectivity index (χ4v) is 2.59. The number of anilines is 1. The standard InChI is InChI=1S/C18H14Cl2N2O3/c1-11-6-8-12(9-7-11)10-22-14-5-3-2-4-13(14)15(17(22)23)21-25-18(24)16(19)20/h2-9,16H,10H2,1H3/b21-15-. The van der Waals surface area contributed by atoms with E-state index in [1.54, 1.807) is 17.0 Å². The van der Waals surface area contributed by atoms with E-state index in [-0.39, 0.29) is 11.6 Å². The van der Waals surface area contributed by atoms with Crippen LogP contribution in [0.4, 0.5) is 5.69 Å². The van der Waals surface area contributed by atoms with Crippen LogP contribution in [-0.2, 0) is 21.0 Å². The van der Waals surface area contributed by atoms with E-state index < -0.39 is 10.8 Å². The van der Waals surface area contributed by atoms with Crippen LogP contribution >= 0.6 is 23.2 Å². The molecule has 5 nitrogen and oxygen atoms in total. The molecule has 1 aliphatic rings. The predicted octanol–water partition coefficient (Wildman–Crippen LogP) is 3.59. The molecule has 0 saturated carbocycles. The number of hydrogen-bond acceptors (Lipinski definition) is 4. The quantitative estimate of drug-likeness (QED) is 0.465. The molecule has 0 unspecified atom stereocenters. The van der Waals surface area contributed by atoms with Crippen molar-refractivity contribution >= 4 is 46.5 Å². The van der Waals surface area contributed by atoms with Gasteiger partial charge in [0.05, 0.1) is 12.2 Å². The van der Waals surface area contributed by atoms with Gasteiger partial charge in [-0.3, -0.25) is 4.79 Å². The molecule has 0 atom stereocenters. The third kappa shape index (κ3) is 3.67. The minimum absolute atomic E-state index is 0.0463. The molecule has 2 aromatic carbocycles. The largest absolute Gasteiger partial charge is 0.367 e. The number of hydrogen-bond donors (Lipinski definition) is 0. The van der Waals surface area contributed by atoms with Crippen molar-refractivity contribution in [3.05, 3.63) is 65.2 Å². The molecule has 0 N–H and O–H groups in total. The van der Waals surface area contributed by atoms with Crippen LogP contribution in [0.1, 0.15) is 16.7 Å². The SMILES string of the molecule is Cc1ccc(CN2C(=O)/C(=N\OC(=O)C(Cl)Cl)c3ccccc32)cc1. The molecule has 25 heavy (non-hydrogen) atoms. The summed E-state index contributed by atoms with van der Waals surface area (Å²) in [5, 5.41) is 3.68. The maximum absolute atomic E-state index is 12.8. The van der Waals surface area contributed by atoms with Crippen LogP contribution in [0.5, 0.6) is 0 Å². The first-order valence-corrected chi connectivity index (χ1v) is 8.38. The first kappa shape index (κ1) is 17.5. The van der Waals surface area contributed by atoms with Gasteiger partial charge in [0.2, 0.25) is 4.84 Å². The number of rotatable bonds is 4. The highest BCUT2D eigenvalue weighted by atomic mass is 35.5. The number of nitrogens with zero attached hydrogens (tertiary/aromatic N) is 2. The molecule has 1 amide bonds. The number of amides is 1. The van der Waals surface area contributed by atoms with Gasteiger partial charge in [0.25, 0.3) is 5.91 Å². The number of halogens is 2. The van der Waals surface area contributed by atoms with Gasteiger partial charge in [-0.25, -0.2) is 4.79 Å². The molecule has 1 aliphatic heterocycles. The molecule has 7 heteroatoms. The summed E-state index contributed by atoms with van der Waals surface area (Å²) in [4.78, 5) is 29.1. The zero-order chi connectivity index (χ0) is 18.0. The Morgan fingerprint density at radius 1 is 1.16 bits per heavy atom. The number of oxime groups is 1. The number of fused-ring (bicyclic) bond motifs is 1. The highest BCUT2D eigenvalue weighted by Gasteiger charge is 2.34. The second-order valence-electron chi connectivity index (χ2n) is 5.54. The van der Waals surface area contributed by atoms with Crippen molar-refractivity contribution in [3.8, 4) is 0 Å². The minimum atomic E-state index is -1.36. The van der Waals surface area contributed by atoms with Gasteiger partial charge in [0, 0.05) is 5.56 Å². The van der Waals surface area contributed by atoms with Crippen molar-refractivity contribution in [1.82, 2.24) is 0 Å². The first-order valence-electron chi connectivity index (χ1n) is 7.51. The average Bonchev–Trinajstić information content (AvgIpc) is 2.86. The lowest BCUT2D eigenvalue weighted by Crippen LogP contribution is -2.30. The maximum Gasteiger partial charge on any atom is 0.367 e. The van der Waals surface area contributed by atoms with E-state index in [0.29, 0.717) is 17.8 Å². The fourth-order valence-electron chi connectivity index (χ4n) is 2.51. The van der Waals surface area contributed by atoms with Crippen LogP contribution in [0.3, 0.4) is 0 Å². The van der Waals surface area contributed by atoms with Crippen LogP contribution in [-0.4, -0.2) is 22.4 Å². The highest BCUT2D eigenvalue weighted by Crippen LogP contribution is 2.30. The fraction of sp³-hybridized carbons (Fsp3) is 0.167. The van der Waals surface area contributed by atoms with Crippen molar-refractivity contribution in [3.63, 3.8) is 0 Å². The minimum Gasteiger partial charge on any atom is -0.314 e. The summed E-state index contributed by atoms with van der Waals surface area (Å²) in [6, 6.07) is 15.1. The van der Waals surface area contributed by atoms with Crippen LogP contribution in [0.15, 0.2) is 53.7 Å². The van der Waals surface area contributed by atoms with E-state index in [9.17, 15) is 9.59 Å². The van der Waals surface area contributed by atoms with Crippen LogP contribution < -0.4 is 4.90 Å². The molecule has 0 fully saturated rings. The van der Waals surface area contributed by atoms with Crippen molar-refractivity contribution in [2.45, 2.75) is 18.3 Å².